The van der Waals surface area contributed by atoms with Crippen molar-refractivity contribution in [3.8, 4) is 0 Å². The number of halogens is 2. The van der Waals surface area contributed by atoms with Crippen molar-refractivity contribution >= 4 is 6.09 Å². The van der Waals surface area contributed by atoms with Crippen LogP contribution in [0.2, 0.25) is 0 Å². The van der Waals surface area contributed by atoms with Crippen LogP contribution in [0.3, 0.4) is 0 Å². The Morgan fingerprint density at radius 3 is 2.50 bits per heavy atom. The van der Waals surface area contributed by atoms with E-state index < -0.39 is 18.6 Å². The van der Waals surface area contributed by atoms with E-state index in [0.29, 0.717) is 0 Å². The second kappa shape index (κ2) is 3.25. The smallest absolute Gasteiger partial charge is 0.410 e. The van der Waals surface area contributed by atoms with Gasteiger partial charge in [-0.25, -0.2) is 13.6 Å². The number of cyclic esters (lactones) is 1. The summed E-state index contributed by atoms with van der Waals surface area (Å²) in [5.41, 5.74) is 0. The number of alkyl halides is 2. The first-order valence-corrected chi connectivity index (χ1v) is 3.77. The summed E-state index contributed by atoms with van der Waals surface area (Å²) in [4.78, 5) is 12.0. The SMILES string of the molecule is CC(C)N1C(=O)OCC1C(F)F. The Morgan fingerprint density at radius 1 is 1.58 bits per heavy atom. The Labute approximate surface area is 69.3 Å². The van der Waals surface area contributed by atoms with Crippen molar-refractivity contribution in [3.05, 3.63) is 0 Å². The first-order chi connectivity index (χ1) is 5.54. The lowest BCUT2D eigenvalue weighted by Crippen LogP contribution is -2.42. The highest BCUT2D eigenvalue weighted by molar-refractivity contribution is 5.70. The van der Waals surface area contributed by atoms with E-state index in [1.165, 1.54) is 0 Å². The van der Waals surface area contributed by atoms with E-state index in [0.717, 1.165) is 4.90 Å². The fraction of sp³-hybridized carbons (Fsp3) is 0.857. The van der Waals surface area contributed by atoms with Crippen LogP contribution in [0.15, 0.2) is 0 Å². The number of ether oxygens (including phenoxy) is 1. The van der Waals surface area contributed by atoms with Gasteiger partial charge in [0.05, 0.1) is 0 Å². The summed E-state index contributed by atoms with van der Waals surface area (Å²) in [5.74, 6) is 0. The molecule has 1 fully saturated rings. The van der Waals surface area contributed by atoms with Crippen molar-refractivity contribution in [2.45, 2.75) is 32.4 Å². The van der Waals surface area contributed by atoms with Crippen molar-refractivity contribution in [2.75, 3.05) is 6.61 Å². The number of nitrogens with zero attached hydrogens (tertiary/aromatic N) is 1. The molecular formula is C7H11F2NO2. The van der Waals surface area contributed by atoms with E-state index >= 15 is 0 Å². The minimum atomic E-state index is -2.53. The van der Waals surface area contributed by atoms with Crippen molar-refractivity contribution in [1.29, 1.82) is 0 Å². The summed E-state index contributed by atoms with van der Waals surface area (Å²) < 4.78 is 29.0. The largest absolute Gasteiger partial charge is 0.447 e. The lowest BCUT2D eigenvalue weighted by Gasteiger charge is -2.24. The molecule has 0 saturated carbocycles. The zero-order valence-corrected chi connectivity index (χ0v) is 6.96. The molecule has 1 heterocycles. The highest BCUT2D eigenvalue weighted by atomic mass is 19.3. The third-order valence-electron chi connectivity index (χ3n) is 1.79. The van der Waals surface area contributed by atoms with Crippen LogP contribution in [0.1, 0.15) is 13.8 Å². The van der Waals surface area contributed by atoms with Gasteiger partial charge in [-0.15, -0.1) is 0 Å². The molecule has 0 aliphatic carbocycles. The minimum absolute atomic E-state index is 0.200. The Hall–Kier alpha value is -0.870. The number of amides is 1. The predicted octanol–water partition coefficient (Wildman–Crippen LogP) is 1.48. The summed E-state index contributed by atoms with van der Waals surface area (Å²) >= 11 is 0. The van der Waals surface area contributed by atoms with Crippen molar-refractivity contribution in [2.24, 2.45) is 0 Å². The molecule has 1 aliphatic heterocycles. The molecule has 1 atom stereocenters. The first-order valence-electron chi connectivity index (χ1n) is 3.77. The number of carbonyl (C=O) groups excluding carboxylic acids is 1. The molecule has 3 nitrogen and oxygen atoms in total. The summed E-state index contributed by atoms with van der Waals surface area (Å²) in [7, 11) is 0. The second-order valence-corrected chi connectivity index (χ2v) is 2.98. The summed E-state index contributed by atoms with van der Waals surface area (Å²) in [6.07, 6.45) is -3.17. The fourth-order valence-electron chi connectivity index (χ4n) is 1.23. The van der Waals surface area contributed by atoms with Gasteiger partial charge in [0.15, 0.2) is 0 Å². The summed E-state index contributed by atoms with van der Waals surface area (Å²) in [6.45, 7) is 3.17. The van der Waals surface area contributed by atoms with E-state index in [9.17, 15) is 13.6 Å². The van der Waals surface area contributed by atoms with E-state index in [2.05, 4.69) is 4.74 Å². The Balaban J connectivity index is 2.70. The van der Waals surface area contributed by atoms with Gasteiger partial charge in [-0.3, -0.25) is 4.90 Å². The zero-order valence-electron chi connectivity index (χ0n) is 6.96. The number of rotatable bonds is 2. The molecule has 1 aliphatic rings. The van der Waals surface area contributed by atoms with Gasteiger partial charge in [0.2, 0.25) is 0 Å². The van der Waals surface area contributed by atoms with Crippen LogP contribution in [-0.2, 0) is 4.74 Å². The van der Waals surface area contributed by atoms with Crippen LogP contribution in [0, 0.1) is 0 Å². The van der Waals surface area contributed by atoms with Gasteiger partial charge in [-0.05, 0) is 13.8 Å². The molecular weight excluding hydrogens is 168 g/mol. The predicted molar refractivity (Wildman–Crippen MR) is 38.1 cm³/mol. The molecule has 1 saturated heterocycles. The molecule has 12 heavy (non-hydrogen) atoms. The maximum Gasteiger partial charge on any atom is 0.410 e. The highest BCUT2D eigenvalue weighted by Crippen LogP contribution is 2.20. The summed E-state index contributed by atoms with van der Waals surface area (Å²) in [5, 5.41) is 0. The molecule has 1 unspecified atom stereocenters. The highest BCUT2D eigenvalue weighted by Gasteiger charge is 2.40. The van der Waals surface area contributed by atoms with Gasteiger partial charge in [0.1, 0.15) is 12.6 Å². The van der Waals surface area contributed by atoms with Crippen LogP contribution in [0.4, 0.5) is 13.6 Å². The molecule has 0 N–H and O–H groups in total. The third kappa shape index (κ3) is 1.49. The molecule has 70 valence electrons. The molecule has 5 heteroatoms. The fourth-order valence-corrected chi connectivity index (χ4v) is 1.23. The number of hydrogen-bond donors (Lipinski definition) is 0. The number of carbonyl (C=O) groups is 1. The van der Waals surface area contributed by atoms with Gasteiger partial charge < -0.3 is 4.74 Å². The van der Waals surface area contributed by atoms with E-state index in [1.54, 1.807) is 13.8 Å². The van der Waals surface area contributed by atoms with Crippen LogP contribution in [-0.4, -0.2) is 36.1 Å². The maximum absolute atomic E-state index is 12.2. The van der Waals surface area contributed by atoms with Gasteiger partial charge in [-0.2, -0.15) is 0 Å². The van der Waals surface area contributed by atoms with Crippen LogP contribution < -0.4 is 0 Å². The van der Waals surface area contributed by atoms with Gasteiger partial charge in [-0.1, -0.05) is 0 Å². The van der Waals surface area contributed by atoms with E-state index in [1.807, 2.05) is 0 Å². The standard InChI is InChI=1S/C7H11F2NO2/c1-4(2)10-5(6(8)9)3-12-7(10)11/h4-6H,3H2,1-2H3. The molecule has 1 amide bonds. The Kier molecular flexibility index (Phi) is 2.49. The minimum Gasteiger partial charge on any atom is -0.447 e. The van der Waals surface area contributed by atoms with Crippen molar-refractivity contribution in [3.63, 3.8) is 0 Å². The zero-order chi connectivity index (χ0) is 9.30. The molecule has 0 bridgehead atoms. The Bertz CT molecular complexity index is 184. The first kappa shape index (κ1) is 9.22. The average Bonchev–Trinajstić information content (AvgIpc) is 2.30. The molecule has 0 aromatic carbocycles. The molecule has 1 rings (SSSR count). The van der Waals surface area contributed by atoms with Crippen LogP contribution in [0.25, 0.3) is 0 Å². The lowest BCUT2D eigenvalue weighted by molar-refractivity contribution is 0.0500. The summed E-state index contributed by atoms with van der Waals surface area (Å²) in [6, 6.07) is -1.31. The van der Waals surface area contributed by atoms with Crippen LogP contribution in [0.5, 0.6) is 0 Å². The van der Waals surface area contributed by atoms with Gasteiger partial charge in [0, 0.05) is 6.04 Å². The van der Waals surface area contributed by atoms with Crippen molar-refractivity contribution in [1.82, 2.24) is 4.90 Å². The molecule has 0 spiro atoms. The Morgan fingerprint density at radius 2 is 2.17 bits per heavy atom. The maximum atomic E-state index is 12.2. The van der Waals surface area contributed by atoms with Gasteiger partial charge in [0.25, 0.3) is 6.43 Å². The van der Waals surface area contributed by atoms with Crippen LogP contribution >= 0.6 is 0 Å². The molecule has 0 aromatic rings. The topological polar surface area (TPSA) is 29.5 Å². The van der Waals surface area contributed by atoms with E-state index in [-0.39, 0.29) is 12.6 Å². The van der Waals surface area contributed by atoms with Gasteiger partial charge >= 0.3 is 6.09 Å². The molecule has 0 aromatic heterocycles. The molecule has 0 radical (unpaired) electrons. The normalized spacial score (nSPS) is 24.0. The number of hydrogen-bond acceptors (Lipinski definition) is 2. The second-order valence-electron chi connectivity index (χ2n) is 2.98. The average molecular weight is 179 g/mol. The monoisotopic (exact) mass is 179 g/mol. The lowest BCUT2D eigenvalue weighted by atomic mass is 10.2. The van der Waals surface area contributed by atoms with E-state index in [4.69, 9.17) is 0 Å². The van der Waals surface area contributed by atoms with Crippen molar-refractivity contribution < 1.29 is 18.3 Å². The third-order valence-corrected chi connectivity index (χ3v) is 1.79. The quantitative estimate of drug-likeness (QED) is 0.642.